The van der Waals surface area contributed by atoms with Crippen LogP contribution in [0.1, 0.15) is 36.0 Å². The van der Waals surface area contributed by atoms with E-state index in [1.54, 1.807) is 16.5 Å². The molecule has 0 spiro atoms. The first-order valence-corrected chi connectivity index (χ1v) is 15.2. The fourth-order valence-electron chi connectivity index (χ4n) is 7.36. The van der Waals surface area contributed by atoms with Crippen LogP contribution in [0.5, 0.6) is 0 Å². The highest BCUT2D eigenvalue weighted by atomic mass is 19.1. The molecule has 0 bridgehead atoms. The van der Waals surface area contributed by atoms with Crippen molar-refractivity contribution in [2.24, 2.45) is 5.73 Å². The van der Waals surface area contributed by atoms with Gasteiger partial charge in [0.15, 0.2) is 22.4 Å². The molecule has 2 aliphatic heterocycles. The van der Waals surface area contributed by atoms with Crippen molar-refractivity contribution in [3.8, 4) is 0 Å². The van der Waals surface area contributed by atoms with Crippen LogP contribution in [0.2, 0.25) is 0 Å². The third kappa shape index (κ3) is 4.01. The monoisotopic (exact) mass is 593 g/mol. The van der Waals surface area contributed by atoms with Crippen LogP contribution in [0.25, 0.3) is 49.1 Å². The number of halogens is 1. The highest BCUT2D eigenvalue weighted by Crippen LogP contribution is 2.38. The predicted molar refractivity (Wildman–Crippen MR) is 171 cm³/mol. The van der Waals surface area contributed by atoms with Gasteiger partial charge in [-0.2, -0.15) is 0 Å². The molecule has 0 aliphatic carbocycles. The zero-order valence-electron chi connectivity index (χ0n) is 24.4. The number of hydrogen-bond donors (Lipinski definition) is 2. The number of hydrogen-bond acceptors (Lipinski definition) is 7. The van der Waals surface area contributed by atoms with Gasteiger partial charge in [-0.25, -0.2) is 4.39 Å². The Kier molecular flexibility index (Phi) is 6.15. The summed E-state index contributed by atoms with van der Waals surface area (Å²) in [6, 6.07) is 12.4. The minimum Gasteiger partial charge on any atom is -0.451 e. The molecule has 3 N–H and O–H groups in total. The van der Waals surface area contributed by atoms with Gasteiger partial charge in [-0.3, -0.25) is 14.4 Å². The fourth-order valence-corrected chi connectivity index (χ4v) is 7.36. The van der Waals surface area contributed by atoms with Gasteiger partial charge < -0.3 is 29.7 Å². The Bertz CT molecular complexity index is 2260. The summed E-state index contributed by atoms with van der Waals surface area (Å²) in [5.41, 5.74) is 7.09. The van der Waals surface area contributed by atoms with Gasteiger partial charge in [0.2, 0.25) is 5.43 Å². The number of nitrogens with two attached hydrogens (primary N) is 1. The lowest BCUT2D eigenvalue weighted by atomic mass is 10.1. The van der Waals surface area contributed by atoms with Crippen LogP contribution in [0.15, 0.2) is 62.7 Å². The highest BCUT2D eigenvalue weighted by molar-refractivity contribution is 6.15. The Hall–Kier alpha value is -4.54. The lowest BCUT2D eigenvalue weighted by Gasteiger charge is -2.22. The zero-order valence-corrected chi connectivity index (χ0v) is 24.4. The molecule has 0 saturated carbocycles. The van der Waals surface area contributed by atoms with Crippen LogP contribution in [0, 0.1) is 5.82 Å². The van der Waals surface area contributed by atoms with E-state index in [0.29, 0.717) is 59.5 Å². The lowest BCUT2D eigenvalue weighted by molar-refractivity contribution is 0.0949. The van der Waals surface area contributed by atoms with Crippen LogP contribution in [-0.4, -0.2) is 60.5 Å². The summed E-state index contributed by atoms with van der Waals surface area (Å²) in [5, 5.41) is 5.60. The van der Waals surface area contributed by atoms with Crippen molar-refractivity contribution in [2.45, 2.75) is 37.8 Å². The normalized spacial score (nSPS) is 19.5. The van der Waals surface area contributed by atoms with E-state index in [-0.39, 0.29) is 33.7 Å². The molecule has 2 aliphatic rings. The molecule has 2 fully saturated rings. The number of nitrogens with one attached hydrogen (secondary N) is 1. The maximum absolute atomic E-state index is 16.0. The van der Waals surface area contributed by atoms with E-state index >= 15 is 4.39 Å². The van der Waals surface area contributed by atoms with Gasteiger partial charge in [-0.1, -0.05) is 24.3 Å². The van der Waals surface area contributed by atoms with E-state index in [2.05, 4.69) is 17.3 Å². The standard InChI is InChI=1S/C34H32FN5O4/c1-38-11-4-5-19(38)8-10-37-34(43)25-17-40-27-14-22-20-6-2-3-7-21(20)31(41)23(22)15-28(27)44-33-29(40)24(32(25)42)13-26(35)30(33)39-12-9-18(36)16-39/h2-3,6-7,13-15,17-19H,4-5,8-12,16,36H2,1H3,(H,37,43)/t18-,19?/m0/s1. The van der Waals surface area contributed by atoms with Crippen molar-refractivity contribution in [3.63, 3.8) is 0 Å². The van der Waals surface area contributed by atoms with Crippen molar-refractivity contribution in [3.05, 3.63) is 80.5 Å². The van der Waals surface area contributed by atoms with Gasteiger partial charge in [-0.15, -0.1) is 0 Å². The Labute approximate surface area is 250 Å². The number of amides is 1. The molecule has 4 heterocycles. The first-order chi connectivity index (χ1) is 21.3. The summed E-state index contributed by atoms with van der Waals surface area (Å²) >= 11 is 0. The quantitative estimate of drug-likeness (QED) is 0.228. The van der Waals surface area contributed by atoms with Gasteiger partial charge in [0.05, 0.1) is 10.9 Å². The van der Waals surface area contributed by atoms with Crippen LogP contribution in [0.3, 0.4) is 0 Å². The minimum atomic E-state index is -0.625. The molecule has 0 radical (unpaired) electrons. The number of aromatic nitrogens is 1. The molecule has 1 unspecified atom stereocenters. The molecular formula is C34H32FN5O4. The second-order valence-electron chi connectivity index (χ2n) is 12.3. The molecule has 2 saturated heterocycles. The van der Waals surface area contributed by atoms with Crippen LogP contribution >= 0.6 is 0 Å². The summed E-state index contributed by atoms with van der Waals surface area (Å²) in [6.45, 7) is 2.43. The second-order valence-corrected chi connectivity index (χ2v) is 12.3. The van der Waals surface area contributed by atoms with Crippen molar-refractivity contribution in [1.29, 1.82) is 0 Å². The predicted octanol–water partition coefficient (Wildman–Crippen LogP) is 4.19. The summed E-state index contributed by atoms with van der Waals surface area (Å²) in [6.07, 6.45) is 5.20. The van der Waals surface area contributed by atoms with Gasteiger partial charge in [0.1, 0.15) is 16.8 Å². The van der Waals surface area contributed by atoms with Crippen molar-refractivity contribution < 1.29 is 13.6 Å². The number of benzene rings is 3. The fraction of sp³-hybridized carbons (Fsp3) is 0.324. The first-order valence-electron chi connectivity index (χ1n) is 15.2. The number of nitrogens with zero attached hydrogens (tertiary/aromatic N) is 3. The molecule has 1 amide bonds. The maximum Gasteiger partial charge on any atom is 0.256 e. The largest absolute Gasteiger partial charge is 0.451 e. The number of pyridine rings is 1. The Morgan fingerprint density at radius 3 is 2.59 bits per heavy atom. The van der Waals surface area contributed by atoms with Crippen molar-refractivity contribution in [1.82, 2.24) is 14.6 Å². The van der Waals surface area contributed by atoms with E-state index in [1.165, 1.54) is 12.3 Å². The number of anilines is 1. The van der Waals surface area contributed by atoms with E-state index in [1.807, 2.05) is 29.2 Å². The maximum atomic E-state index is 16.0. The number of likely N-dealkylation sites (tertiary alicyclic amines) is 1. The molecule has 10 heteroatoms. The molecule has 4 aromatic carbocycles. The van der Waals surface area contributed by atoms with Crippen LogP contribution in [0.4, 0.5) is 10.1 Å². The van der Waals surface area contributed by atoms with Gasteiger partial charge in [-0.05, 0) is 68.2 Å². The second kappa shape index (κ2) is 10.0. The molecule has 6 aromatic rings. The molecule has 2 atom stereocenters. The van der Waals surface area contributed by atoms with Crippen molar-refractivity contribution >= 4 is 60.7 Å². The van der Waals surface area contributed by atoms with Gasteiger partial charge in [0.25, 0.3) is 5.91 Å². The zero-order chi connectivity index (χ0) is 30.3. The smallest absolute Gasteiger partial charge is 0.256 e. The molecule has 44 heavy (non-hydrogen) atoms. The number of fused-ring (bicyclic) bond motifs is 5. The first kappa shape index (κ1) is 27.0. The Morgan fingerprint density at radius 2 is 1.84 bits per heavy atom. The Balaban J connectivity index is 1.37. The van der Waals surface area contributed by atoms with Crippen molar-refractivity contribution in [2.75, 3.05) is 38.1 Å². The molecule has 8 rings (SSSR count). The molecule has 9 nitrogen and oxygen atoms in total. The highest BCUT2D eigenvalue weighted by Gasteiger charge is 2.29. The average molecular weight is 594 g/mol. The third-order valence-electron chi connectivity index (χ3n) is 9.67. The molecule has 2 aromatic heterocycles. The topological polar surface area (TPSA) is 113 Å². The summed E-state index contributed by atoms with van der Waals surface area (Å²) in [7, 11) is 2.08. The third-order valence-corrected chi connectivity index (χ3v) is 9.67. The van der Waals surface area contributed by atoms with E-state index in [9.17, 15) is 14.4 Å². The summed E-state index contributed by atoms with van der Waals surface area (Å²) in [4.78, 5) is 44.8. The Morgan fingerprint density at radius 1 is 1.02 bits per heavy atom. The van der Waals surface area contributed by atoms with Gasteiger partial charge >= 0.3 is 0 Å². The number of carbonyl (C=O) groups is 1. The van der Waals surface area contributed by atoms with Gasteiger partial charge in [0, 0.05) is 48.7 Å². The van der Waals surface area contributed by atoms with E-state index < -0.39 is 17.2 Å². The lowest BCUT2D eigenvalue weighted by Crippen LogP contribution is -2.34. The molecule has 224 valence electrons. The van der Waals surface area contributed by atoms with Crippen LogP contribution in [-0.2, 0) is 0 Å². The molecular weight excluding hydrogens is 561 g/mol. The minimum absolute atomic E-state index is 0.0514. The number of carbonyl (C=O) groups excluding carboxylic acids is 1. The number of rotatable bonds is 5. The van der Waals surface area contributed by atoms with Crippen LogP contribution < -0.4 is 26.8 Å². The van der Waals surface area contributed by atoms with E-state index in [0.717, 1.165) is 36.6 Å². The summed E-state index contributed by atoms with van der Waals surface area (Å²) < 4.78 is 24.2. The SMILES string of the molecule is CN1CCCC1CCNC(=O)c1cn2c3cc4c(cc3oc3c(N5CC[C@H](N)C5)c(F)cc(c1=O)c32)c(=O)c1ccccc14. The summed E-state index contributed by atoms with van der Waals surface area (Å²) in [5.74, 6) is -1.13. The van der Waals surface area contributed by atoms with E-state index in [4.69, 9.17) is 10.2 Å². The average Bonchev–Trinajstić information content (AvgIpc) is 3.71.